The van der Waals surface area contributed by atoms with Gasteiger partial charge in [0.25, 0.3) is 15.3 Å². The second-order valence-corrected chi connectivity index (χ2v) is 5.57. The van der Waals surface area contributed by atoms with Crippen LogP contribution in [-0.2, 0) is 0 Å². The molecule has 0 spiro atoms. The monoisotopic (exact) mass is 654 g/mol. The second kappa shape index (κ2) is 22.3. The largest absolute Gasteiger partial charge is 0.328 e. The molecule has 37 heavy (non-hydrogen) atoms. The Bertz CT molecular complexity index is 957. The van der Waals surface area contributed by atoms with Gasteiger partial charge in [0, 0.05) is 74.2 Å². The summed E-state index contributed by atoms with van der Waals surface area (Å²) in [5, 5.41) is 40.9. The van der Waals surface area contributed by atoms with Crippen molar-refractivity contribution in [2.75, 3.05) is 0 Å². The van der Waals surface area contributed by atoms with Gasteiger partial charge in [-0.05, 0) is 48.5 Å². The number of rotatable bonds is 2. The quantitative estimate of drug-likeness (QED) is 0.208. The zero-order chi connectivity index (χ0) is 27.2. The zero-order valence-electron chi connectivity index (χ0n) is 18.5. The normalized spacial score (nSPS) is 8.22. The van der Waals surface area contributed by atoms with Gasteiger partial charge in [0.1, 0.15) is 0 Å². The summed E-state index contributed by atoms with van der Waals surface area (Å²) in [4.78, 5) is 41.8. The first-order valence-corrected chi connectivity index (χ1v) is 9.28. The summed E-state index contributed by atoms with van der Waals surface area (Å²) in [5.74, 6) is 0. The molecule has 1 radical (unpaired) electrons. The van der Waals surface area contributed by atoms with Crippen LogP contribution in [0.15, 0.2) is 97.6 Å². The summed E-state index contributed by atoms with van der Waals surface area (Å²) in [6.45, 7) is 0. The predicted octanol–water partition coefficient (Wildman–Crippen LogP) is 3.24. The molecule has 0 atom stereocenters. The Morgan fingerprint density at radius 1 is 0.459 bits per heavy atom. The van der Waals surface area contributed by atoms with E-state index in [9.17, 15) is 0 Å². The number of hydrogen-bond donors (Lipinski definition) is 3. The van der Waals surface area contributed by atoms with E-state index >= 15 is 0 Å². The van der Waals surface area contributed by atoms with E-state index in [1.807, 2.05) is 72.8 Å². The maximum atomic E-state index is 8.36. The first kappa shape index (κ1) is 34.9. The maximum Gasteiger partial charge on any atom is 0.291 e. The Hall–Kier alpha value is -4.22. The van der Waals surface area contributed by atoms with E-state index in [-0.39, 0.29) is 49.4 Å². The molecule has 16 nitrogen and oxygen atoms in total. The van der Waals surface area contributed by atoms with Crippen molar-refractivity contribution >= 4 is 0 Å². The predicted molar refractivity (Wildman–Crippen MR) is 121 cm³/mol. The van der Waals surface area contributed by atoms with Crippen LogP contribution in [-0.4, -0.2) is 50.8 Å². The zero-order valence-corrected chi connectivity index (χ0v) is 21.0. The summed E-state index contributed by atoms with van der Waals surface area (Å²) in [6, 6.07) is 23.2. The third kappa shape index (κ3) is 22.0. The van der Waals surface area contributed by atoms with E-state index in [1.54, 1.807) is 24.8 Å². The Morgan fingerprint density at radius 2 is 0.622 bits per heavy atom. The molecule has 0 saturated heterocycles. The SMILES string of the molecule is O=[N+]([O-])O.O=[N+]([O-])O.O=[N+]([O-])O.[Eu].c1ccc(-c2ccccn2)nc1.c1ccc(-c2ccccn2)nc1. The minimum atomic E-state index is -1.50. The molecule has 0 aliphatic rings. The molecule has 195 valence electrons. The maximum absolute atomic E-state index is 8.36. The number of pyridine rings is 4. The van der Waals surface area contributed by atoms with E-state index < -0.39 is 15.3 Å². The van der Waals surface area contributed by atoms with Gasteiger partial charge in [-0.2, -0.15) is 0 Å². The molecule has 0 unspecified atom stereocenters. The molecule has 0 aromatic carbocycles. The van der Waals surface area contributed by atoms with Crippen LogP contribution in [0.5, 0.6) is 0 Å². The third-order valence-corrected chi connectivity index (χ3v) is 3.18. The Kier molecular flexibility index (Phi) is 21.0. The number of aromatic nitrogens is 4. The first-order valence-electron chi connectivity index (χ1n) is 9.28. The van der Waals surface area contributed by atoms with E-state index in [4.69, 9.17) is 46.0 Å². The average molecular weight is 653 g/mol. The second-order valence-electron chi connectivity index (χ2n) is 5.57. The molecule has 17 heteroatoms. The van der Waals surface area contributed by atoms with Gasteiger partial charge < -0.3 is 15.6 Å². The Labute approximate surface area is 249 Å². The fourth-order valence-electron chi connectivity index (χ4n) is 2.06. The smallest absolute Gasteiger partial charge is 0.291 e. The molecule has 0 saturated carbocycles. The van der Waals surface area contributed by atoms with Gasteiger partial charge in [-0.15, -0.1) is 30.3 Å². The topological polar surface area (TPSA) is 242 Å². The van der Waals surface area contributed by atoms with Crippen LogP contribution in [0.3, 0.4) is 0 Å². The van der Waals surface area contributed by atoms with E-state index in [1.165, 1.54) is 0 Å². The van der Waals surface area contributed by atoms with Crippen LogP contribution in [0.1, 0.15) is 0 Å². The molecule has 0 amide bonds. The van der Waals surface area contributed by atoms with Crippen molar-refractivity contribution in [1.29, 1.82) is 0 Å². The molecule has 4 rings (SSSR count). The number of nitrogens with zero attached hydrogens (tertiary/aromatic N) is 7. The van der Waals surface area contributed by atoms with Crippen molar-refractivity contribution in [2.45, 2.75) is 0 Å². The van der Waals surface area contributed by atoms with Gasteiger partial charge in [-0.25, -0.2) is 0 Å². The molecular weight excluding hydrogens is 634 g/mol. The fourth-order valence-corrected chi connectivity index (χ4v) is 2.06. The minimum absolute atomic E-state index is 0. The van der Waals surface area contributed by atoms with E-state index in [0.29, 0.717) is 0 Å². The molecule has 4 aromatic heterocycles. The van der Waals surface area contributed by atoms with Gasteiger partial charge >= 0.3 is 0 Å². The molecule has 0 bridgehead atoms. The molecular formula is C20H19EuN7O9. The van der Waals surface area contributed by atoms with Crippen LogP contribution >= 0.6 is 0 Å². The molecule has 4 heterocycles. The van der Waals surface area contributed by atoms with Gasteiger partial charge in [0.15, 0.2) is 0 Å². The average Bonchev–Trinajstić information content (AvgIpc) is 2.86. The van der Waals surface area contributed by atoms with E-state index in [2.05, 4.69) is 19.9 Å². The van der Waals surface area contributed by atoms with Crippen molar-refractivity contribution in [3.8, 4) is 22.8 Å². The van der Waals surface area contributed by atoms with Crippen LogP contribution < -0.4 is 0 Å². The summed E-state index contributed by atoms with van der Waals surface area (Å²) >= 11 is 0. The van der Waals surface area contributed by atoms with Crippen molar-refractivity contribution in [2.24, 2.45) is 0 Å². The molecule has 3 N–H and O–H groups in total. The summed E-state index contributed by atoms with van der Waals surface area (Å²) in [7, 11) is 0. The summed E-state index contributed by atoms with van der Waals surface area (Å²) in [5.41, 5.74) is 3.66. The Balaban J connectivity index is 0. The van der Waals surface area contributed by atoms with Crippen molar-refractivity contribution in [3.63, 3.8) is 0 Å². The molecule has 0 aliphatic heterocycles. The van der Waals surface area contributed by atoms with Crippen molar-refractivity contribution in [1.82, 2.24) is 19.9 Å². The van der Waals surface area contributed by atoms with Gasteiger partial charge in [-0.1, -0.05) is 24.3 Å². The van der Waals surface area contributed by atoms with Gasteiger partial charge in [0.2, 0.25) is 0 Å². The Morgan fingerprint density at radius 3 is 0.730 bits per heavy atom. The molecule has 4 aromatic rings. The number of hydrogen-bond acceptors (Lipinski definition) is 10. The van der Waals surface area contributed by atoms with Crippen LogP contribution in [0.25, 0.3) is 22.8 Å². The van der Waals surface area contributed by atoms with Crippen molar-refractivity contribution in [3.05, 3.63) is 128 Å². The van der Waals surface area contributed by atoms with Gasteiger partial charge in [0.05, 0.1) is 22.8 Å². The summed E-state index contributed by atoms with van der Waals surface area (Å²) < 4.78 is 0. The molecule has 0 fully saturated rings. The van der Waals surface area contributed by atoms with Crippen molar-refractivity contribution < 1.29 is 80.3 Å². The summed E-state index contributed by atoms with van der Waals surface area (Å²) in [6.07, 6.45) is 7.07. The van der Waals surface area contributed by atoms with Crippen LogP contribution in [0, 0.1) is 79.7 Å². The molecule has 0 aliphatic carbocycles. The first-order chi connectivity index (χ1) is 17.1. The fraction of sp³-hybridized carbons (Fsp3) is 0. The van der Waals surface area contributed by atoms with Crippen LogP contribution in [0.2, 0.25) is 0 Å². The third-order valence-electron chi connectivity index (χ3n) is 3.18. The standard InChI is InChI=1S/2C10H8N2.Eu.3HNO3/c2*1-3-7-11-9(5-1)10-6-2-4-8-12-10;;3*2-1(3)4/h2*1-8H;;3*(H,2,3,4). The minimum Gasteiger partial charge on any atom is -0.328 e. The van der Waals surface area contributed by atoms with E-state index in [0.717, 1.165) is 22.8 Å². The van der Waals surface area contributed by atoms with Crippen LogP contribution in [0.4, 0.5) is 0 Å². The van der Waals surface area contributed by atoms with Gasteiger partial charge in [-0.3, -0.25) is 19.9 Å².